The molecule has 0 atom stereocenters. The Morgan fingerprint density at radius 3 is 2.35 bits per heavy atom. The standard InChI is InChI=1S/C10H16N4O3/c1-7-6-8(14(4,5)10(16)17)11-13(7)9(15)12(2)3/h6H,1-5H3/p+1. The van der Waals surface area contributed by atoms with Gasteiger partial charge in [-0.1, -0.05) is 0 Å². The Balaban J connectivity index is 3.21. The number of carbonyl (C=O) groups excluding carboxylic acids is 1. The monoisotopic (exact) mass is 241 g/mol. The van der Waals surface area contributed by atoms with Gasteiger partial charge in [-0.2, -0.15) is 14.0 Å². The Labute approximate surface area is 99.4 Å². The van der Waals surface area contributed by atoms with Crippen LogP contribution in [0.2, 0.25) is 0 Å². The molecule has 1 aromatic heterocycles. The fourth-order valence-corrected chi connectivity index (χ4v) is 1.21. The predicted octanol–water partition coefficient (Wildman–Crippen LogP) is 0.966. The average Bonchev–Trinajstić information content (AvgIpc) is 2.59. The van der Waals surface area contributed by atoms with Crippen LogP contribution >= 0.6 is 0 Å². The first-order valence-corrected chi connectivity index (χ1v) is 5.04. The number of hydrogen-bond acceptors (Lipinski definition) is 3. The van der Waals surface area contributed by atoms with Crippen molar-refractivity contribution in [3.05, 3.63) is 11.8 Å². The molecular formula is C10H17N4O3+. The number of aromatic nitrogens is 2. The molecule has 0 spiro atoms. The smallest absolute Gasteiger partial charge is 0.435 e. The summed E-state index contributed by atoms with van der Waals surface area (Å²) in [5.74, 6) is 0.310. The van der Waals surface area contributed by atoms with E-state index in [0.717, 1.165) is 0 Å². The highest BCUT2D eigenvalue weighted by Crippen LogP contribution is 2.18. The summed E-state index contributed by atoms with van der Waals surface area (Å²) in [6.45, 7) is 1.71. The van der Waals surface area contributed by atoms with Crippen molar-refractivity contribution in [1.82, 2.24) is 19.2 Å². The van der Waals surface area contributed by atoms with Crippen LogP contribution in [0.5, 0.6) is 0 Å². The minimum atomic E-state index is -1.04. The minimum Gasteiger partial charge on any atom is -0.435 e. The second-order valence-corrected chi connectivity index (χ2v) is 4.47. The SMILES string of the molecule is Cc1cc([N+](C)(C)C(=O)O)nn1C(=O)N(C)C. The van der Waals surface area contributed by atoms with Gasteiger partial charge in [-0.05, 0) is 6.92 Å². The Kier molecular flexibility index (Phi) is 3.23. The molecule has 1 aromatic rings. The number of hydrogen-bond donors (Lipinski definition) is 1. The van der Waals surface area contributed by atoms with Crippen LogP contribution in [-0.2, 0) is 0 Å². The van der Waals surface area contributed by atoms with E-state index in [-0.39, 0.29) is 6.03 Å². The Morgan fingerprint density at radius 2 is 1.94 bits per heavy atom. The molecule has 1 N–H and O–H groups in total. The Bertz CT molecular complexity index is 462. The number of nitrogens with zero attached hydrogens (tertiary/aromatic N) is 4. The third-order valence-electron chi connectivity index (χ3n) is 2.49. The van der Waals surface area contributed by atoms with Crippen LogP contribution in [0, 0.1) is 6.92 Å². The zero-order chi connectivity index (χ0) is 13.4. The van der Waals surface area contributed by atoms with Gasteiger partial charge in [0.1, 0.15) is 0 Å². The number of rotatable bonds is 1. The summed E-state index contributed by atoms with van der Waals surface area (Å²) in [7, 11) is 6.21. The third kappa shape index (κ3) is 2.28. The Morgan fingerprint density at radius 1 is 1.41 bits per heavy atom. The molecule has 0 aliphatic heterocycles. The summed E-state index contributed by atoms with van der Waals surface area (Å²) in [6.07, 6.45) is -1.04. The van der Waals surface area contributed by atoms with Crippen molar-refractivity contribution in [2.75, 3.05) is 28.2 Å². The maximum atomic E-state index is 11.7. The molecule has 2 amide bonds. The van der Waals surface area contributed by atoms with E-state index < -0.39 is 10.6 Å². The van der Waals surface area contributed by atoms with E-state index in [1.54, 1.807) is 27.1 Å². The molecule has 0 aliphatic carbocycles. The zero-order valence-electron chi connectivity index (χ0n) is 10.6. The molecule has 1 rings (SSSR count). The van der Waals surface area contributed by atoms with Crippen molar-refractivity contribution in [3.8, 4) is 0 Å². The molecule has 7 heteroatoms. The van der Waals surface area contributed by atoms with Crippen molar-refractivity contribution in [2.24, 2.45) is 0 Å². The molecule has 7 nitrogen and oxygen atoms in total. The van der Waals surface area contributed by atoms with Crippen LogP contribution in [0.3, 0.4) is 0 Å². The van der Waals surface area contributed by atoms with Crippen LogP contribution in [0.1, 0.15) is 5.69 Å². The Hall–Kier alpha value is -1.89. The summed E-state index contributed by atoms with van der Waals surface area (Å²) in [4.78, 5) is 24.2. The first kappa shape index (κ1) is 13.2. The number of carboxylic acid groups (broad SMARTS) is 1. The van der Waals surface area contributed by atoms with Gasteiger partial charge in [0.15, 0.2) is 0 Å². The fourth-order valence-electron chi connectivity index (χ4n) is 1.21. The van der Waals surface area contributed by atoms with Crippen LogP contribution < -0.4 is 4.48 Å². The van der Waals surface area contributed by atoms with E-state index in [9.17, 15) is 9.59 Å². The summed E-state index contributed by atoms with van der Waals surface area (Å²) < 4.78 is 0.771. The largest absolute Gasteiger partial charge is 0.519 e. The molecule has 0 unspecified atom stereocenters. The predicted molar refractivity (Wildman–Crippen MR) is 63.1 cm³/mol. The number of carbonyl (C=O) groups is 2. The van der Waals surface area contributed by atoms with E-state index in [1.165, 1.54) is 23.7 Å². The average molecular weight is 241 g/mol. The fraction of sp³-hybridized carbons (Fsp3) is 0.500. The van der Waals surface area contributed by atoms with E-state index in [1.807, 2.05) is 0 Å². The summed E-state index contributed by atoms with van der Waals surface area (Å²) in [5, 5.41) is 13.1. The topological polar surface area (TPSA) is 75.4 Å². The molecule has 17 heavy (non-hydrogen) atoms. The number of aryl methyl sites for hydroxylation is 1. The van der Waals surface area contributed by atoms with Crippen molar-refractivity contribution >= 4 is 17.9 Å². The molecule has 0 bridgehead atoms. The van der Waals surface area contributed by atoms with E-state index in [4.69, 9.17) is 5.11 Å². The van der Waals surface area contributed by atoms with Crippen LogP contribution in [0.4, 0.5) is 15.4 Å². The second-order valence-electron chi connectivity index (χ2n) is 4.47. The van der Waals surface area contributed by atoms with Gasteiger partial charge in [-0.3, -0.25) is 0 Å². The molecule has 94 valence electrons. The molecule has 0 saturated heterocycles. The maximum absolute atomic E-state index is 11.7. The summed E-state index contributed by atoms with van der Waals surface area (Å²) in [6, 6.07) is 1.29. The lowest BCUT2D eigenvalue weighted by molar-refractivity contribution is 0.164. The van der Waals surface area contributed by atoms with Gasteiger partial charge in [0.25, 0.3) is 5.82 Å². The molecule has 0 saturated carbocycles. The van der Waals surface area contributed by atoms with E-state index in [2.05, 4.69) is 5.10 Å². The maximum Gasteiger partial charge on any atom is 0.519 e. The second kappa shape index (κ2) is 4.17. The number of quaternary nitrogens is 1. The first-order chi connectivity index (χ1) is 7.67. The van der Waals surface area contributed by atoms with E-state index in [0.29, 0.717) is 11.5 Å². The highest BCUT2D eigenvalue weighted by molar-refractivity contribution is 5.80. The highest BCUT2D eigenvalue weighted by Gasteiger charge is 2.33. The van der Waals surface area contributed by atoms with Gasteiger partial charge in [0.2, 0.25) is 0 Å². The summed E-state index contributed by atoms with van der Waals surface area (Å²) >= 11 is 0. The van der Waals surface area contributed by atoms with E-state index >= 15 is 0 Å². The third-order valence-corrected chi connectivity index (χ3v) is 2.49. The number of amides is 2. The zero-order valence-corrected chi connectivity index (χ0v) is 10.6. The quantitative estimate of drug-likeness (QED) is 0.743. The molecule has 0 aromatic carbocycles. The van der Waals surface area contributed by atoms with Gasteiger partial charge in [0, 0.05) is 20.2 Å². The lowest BCUT2D eigenvalue weighted by Crippen LogP contribution is -2.46. The molecule has 1 heterocycles. The highest BCUT2D eigenvalue weighted by atomic mass is 16.4. The first-order valence-electron chi connectivity index (χ1n) is 5.04. The van der Waals surface area contributed by atoms with Crippen molar-refractivity contribution < 1.29 is 14.7 Å². The van der Waals surface area contributed by atoms with Crippen molar-refractivity contribution in [1.29, 1.82) is 0 Å². The van der Waals surface area contributed by atoms with Gasteiger partial charge in [-0.15, -0.1) is 5.10 Å². The normalized spacial score (nSPS) is 11.4. The molecule has 0 radical (unpaired) electrons. The van der Waals surface area contributed by atoms with Gasteiger partial charge >= 0.3 is 12.1 Å². The lowest BCUT2D eigenvalue weighted by atomic mass is 10.4. The van der Waals surface area contributed by atoms with Crippen LogP contribution in [0.15, 0.2) is 6.07 Å². The minimum absolute atomic E-state index is 0.306. The van der Waals surface area contributed by atoms with Gasteiger partial charge in [-0.25, -0.2) is 4.79 Å². The lowest BCUT2D eigenvalue weighted by Gasteiger charge is -2.18. The van der Waals surface area contributed by atoms with Crippen LogP contribution in [0.25, 0.3) is 0 Å². The van der Waals surface area contributed by atoms with Crippen molar-refractivity contribution in [2.45, 2.75) is 6.92 Å². The van der Waals surface area contributed by atoms with Gasteiger partial charge < -0.3 is 10.0 Å². The van der Waals surface area contributed by atoms with Crippen molar-refractivity contribution in [3.63, 3.8) is 0 Å². The van der Waals surface area contributed by atoms with Crippen LogP contribution in [-0.4, -0.2) is 60.1 Å². The van der Waals surface area contributed by atoms with Gasteiger partial charge in [0.05, 0.1) is 19.8 Å². The molecule has 0 aliphatic rings. The molecular weight excluding hydrogens is 224 g/mol. The summed E-state index contributed by atoms with van der Waals surface area (Å²) in [5.41, 5.74) is 0.603. The molecule has 0 fully saturated rings.